The third-order valence-electron chi connectivity index (χ3n) is 7.13. The first-order chi connectivity index (χ1) is 15.1. The van der Waals surface area contributed by atoms with Crippen molar-refractivity contribution in [3.05, 3.63) is 23.3 Å². The minimum Gasteiger partial charge on any atom is -0.487 e. The summed E-state index contributed by atoms with van der Waals surface area (Å²) < 4.78 is 11.8. The van der Waals surface area contributed by atoms with Crippen LogP contribution in [0.4, 0.5) is 0 Å². The normalized spacial score (nSPS) is 19.9. The molecular weight excluding hydrogens is 396 g/mol. The smallest absolute Gasteiger partial charge is 0.308 e. The van der Waals surface area contributed by atoms with Crippen molar-refractivity contribution in [3.63, 3.8) is 0 Å². The van der Waals surface area contributed by atoms with E-state index < -0.39 is 0 Å². The Kier molecular flexibility index (Phi) is 10.6. The molecular formula is C29H48O3. The van der Waals surface area contributed by atoms with Gasteiger partial charge in [0.2, 0.25) is 0 Å². The van der Waals surface area contributed by atoms with Crippen LogP contribution in [0, 0.1) is 24.7 Å². The molecule has 0 radical (unpaired) electrons. The topological polar surface area (TPSA) is 35.5 Å². The highest BCUT2D eigenvalue weighted by molar-refractivity contribution is 5.69. The molecule has 0 amide bonds. The molecule has 0 spiro atoms. The van der Waals surface area contributed by atoms with Crippen LogP contribution < -0.4 is 9.47 Å². The lowest BCUT2D eigenvalue weighted by Gasteiger charge is -2.37. The number of hydrogen-bond acceptors (Lipinski definition) is 3. The van der Waals surface area contributed by atoms with E-state index in [0.717, 1.165) is 53.9 Å². The average molecular weight is 445 g/mol. The second-order valence-electron chi connectivity index (χ2n) is 11.2. The van der Waals surface area contributed by atoms with E-state index in [2.05, 4.69) is 34.6 Å². The highest BCUT2D eigenvalue weighted by Crippen LogP contribution is 2.40. The van der Waals surface area contributed by atoms with E-state index in [1.54, 1.807) is 0 Å². The largest absolute Gasteiger partial charge is 0.487 e. The number of benzene rings is 1. The van der Waals surface area contributed by atoms with E-state index in [-0.39, 0.29) is 11.6 Å². The molecule has 0 saturated heterocycles. The Hall–Kier alpha value is -1.51. The average Bonchev–Trinajstić information content (AvgIpc) is 2.68. The Morgan fingerprint density at radius 2 is 1.59 bits per heavy atom. The summed E-state index contributed by atoms with van der Waals surface area (Å²) in [5.74, 6) is 3.86. The minimum atomic E-state index is -0.277. The first kappa shape index (κ1) is 26.7. The monoisotopic (exact) mass is 444 g/mol. The molecule has 1 aliphatic rings. The van der Waals surface area contributed by atoms with Gasteiger partial charge in [0.05, 0.1) is 0 Å². The minimum absolute atomic E-state index is 0.0919. The molecule has 1 aromatic rings. The molecule has 0 fully saturated rings. The number of carbonyl (C=O) groups is 1. The highest BCUT2D eigenvalue weighted by Gasteiger charge is 2.32. The third kappa shape index (κ3) is 9.16. The molecule has 3 atom stereocenters. The summed E-state index contributed by atoms with van der Waals surface area (Å²) >= 11 is 0. The summed E-state index contributed by atoms with van der Waals surface area (Å²) in [4.78, 5) is 11.3. The zero-order chi connectivity index (χ0) is 23.7. The van der Waals surface area contributed by atoms with Gasteiger partial charge in [0, 0.05) is 6.92 Å². The maximum Gasteiger partial charge on any atom is 0.308 e. The van der Waals surface area contributed by atoms with Crippen LogP contribution in [0.3, 0.4) is 0 Å². The number of ether oxygens (including phenoxy) is 2. The van der Waals surface area contributed by atoms with E-state index in [1.165, 1.54) is 58.3 Å². The van der Waals surface area contributed by atoms with E-state index in [1.807, 2.05) is 19.1 Å². The van der Waals surface area contributed by atoms with Crippen molar-refractivity contribution in [1.82, 2.24) is 0 Å². The fourth-order valence-corrected chi connectivity index (χ4v) is 5.04. The number of rotatable bonds is 13. The summed E-state index contributed by atoms with van der Waals surface area (Å²) in [6.45, 7) is 15.3. The van der Waals surface area contributed by atoms with E-state index in [9.17, 15) is 4.79 Å². The van der Waals surface area contributed by atoms with Gasteiger partial charge < -0.3 is 9.47 Å². The van der Waals surface area contributed by atoms with Gasteiger partial charge in [-0.3, -0.25) is 4.79 Å². The molecule has 1 aliphatic heterocycles. The van der Waals surface area contributed by atoms with Crippen molar-refractivity contribution in [2.24, 2.45) is 17.8 Å². The van der Waals surface area contributed by atoms with Crippen molar-refractivity contribution in [2.45, 2.75) is 125 Å². The van der Waals surface area contributed by atoms with Gasteiger partial charge in [-0.1, -0.05) is 72.6 Å². The van der Waals surface area contributed by atoms with Crippen LogP contribution in [0.2, 0.25) is 0 Å². The highest BCUT2D eigenvalue weighted by atomic mass is 16.5. The molecule has 182 valence electrons. The van der Waals surface area contributed by atoms with Crippen molar-refractivity contribution < 1.29 is 14.3 Å². The van der Waals surface area contributed by atoms with Gasteiger partial charge in [-0.15, -0.1) is 0 Å². The van der Waals surface area contributed by atoms with Crippen LogP contribution in [0.1, 0.15) is 117 Å². The first-order valence-electron chi connectivity index (χ1n) is 13.1. The zero-order valence-corrected chi connectivity index (χ0v) is 21.9. The van der Waals surface area contributed by atoms with Gasteiger partial charge in [-0.05, 0) is 80.5 Å². The van der Waals surface area contributed by atoms with Gasteiger partial charge in [-0.2, -0.15) is 0 Å². The lowest BCUT2D eigenvalue weighted by Crippen LogP contribution is -2.36. The maximum atomic E-state index is 11.3. The Morgan fingerprint density at radius 3 is 2.19 bits per heavy atom. The van der Waals surface area contributed by atoms with Gasteiger partial charge in [0.15, 0.2) is 0 Å². The molecule has 0 aromatic heterocycles. The van der Waals surface area contributed by atoms with Crippen molar-refractivity contribution in [2.75, 3.05) is 0 Å². The van der Waals surface area contributed by atoms with Gasteiger partial charge in [0.25, 0.3) is 0 Å². The standard InChI is InChI=1S/C29H48O3/c1-21(2)11-8-12-22(3)13-9-14-23(4)15-10-17-29(7)18-16-26-20-27(31-25(6)30)19-24(5)28(26)32-29/h19-23H,8-18H2,1-7H3/t22-,23-,29+/m0/s1. The van der Waals surface area contributed by atoms with E-state index in [4.69, 9.17) is 9.47 Å². The molecule has 0 N–H and O–H groups in total. The molecule has 0 saturated carbocycles. The molecule has 3 nitrogen and oxygen atoms in total. The van der Waals surface area contributed by atoms with Crippen LogP contribution in [0.25, 0.3) is 0 Å². The lowest BCUT2D eigenvalue weighted by molar-refractivity contribution is -0.131. The van der Waals surface area contributed by atoms with Crippen molar-refractivity contribution >= 4 is 5.97 Å². The summed E-state index contributed by atoms with van der Waals surface area (Å²) in [5, 5.41) is 0. The number of fused-ring (bicyclic) bond motifs is 1. The Morgan fingerprint density at radius 1 is 1.00 bits per heavy atom. The summed E-state index contributed by atoms with van der Waals surface area (Å²) in [6.07, 6.45) is 13.9. The second kappa shape index (κ2) is 12.7. The zero-order valence-electron chi connectivity index (χ0n) is 21.9. The molecule has 2 rings (SSSR count). The van der Waals surface area contributed by atoms with E-state index >= 15 is 0 Å². The molecule has 0 aliphatic carbocycles. The quantitative estimate of drug-likeness (QED) is 0.226. The Balaban J connectivity index is 1.71. The van der Waals surface area contributed by atoms with Gasteiger partial charge >= 0.3 is 5.97 Å². The van der Waals surface area contributed by atoms with Crippen LogP contribution in [0.15, 0.2) is 12.1 Å². The first-order valence-corrected chi connectivity index (χ1v) is 13.1. The second-order valence-corrected chi connectivity index (χ2v) is 11.2. The van der Waals surface area contributed by atoms with Crippen LogP contribution >= 0.6 is 0 Å². The molecule has 3 heteroatoms. The molecule has 0 unspecified atom stereocenters. The SMILES string of the molecule is CC(=O)Oc1cc(C)c2c(c1)CC[C@@](C)(CCC[C@@H](C)CCC[C@@H](C)CCCC(C)C)O2. The molecule has 0 bridgehead atoms. The van der Waals surface area contributed by atoms with Crippen molar-refractivity contribution in [3.8, 4) is 11.5 Å². The molecule has 1 aromatic carbocycles. The third-order valence-corrected chi connectivity index (χ3v) is 7.13. The molecule has 32 heavy (non-hydrogen) atoms. The number of hydrogen-bond donors (Lipinski definition) is 0. The summed E-state index contributed by atoms with van der Waals surface area (Å²) in [6, 6.07) is 3.88. The molecule has 1 heterocycles. The van der Waals surface area contributed by atoms with Crippen LogP contribution in [-0.2, 0) is 11.2 Å². The maximum absolute atomic E-state index is 11.3. The van der Waals surface area contributed by atoms with Crippen LogP contribution in [-0.4, -0.2) is 11.6 Å². The fraction of sp³-hybridized carbons (Fsp3) is 0.759. The van der Waals surface area contributed by atoms with Gasteiger partial charge in [-0.25, -0.2) is 0 Å². The number of carbonyl (C=O) groups excluding carboxylic acids is 1. The lowest BCUT2D eigenvalue weighted by atomic mass is 9.85. The van der Waals surface area contributed by atoms with Crippen LogP contribution in [0.5, 0.6) is 11.5 Å². The summed E-state index contributed by atoms with van der Waals surface area (Å²) in [7, 11) is 0. The fourth-order valence-electron chi connectivity index (χ4n) is 5.04. The Bertz CT molecular complexity index is 723. The number of aryl methyl sites for hydroxylation is 2. The van der Waals surface area contributed by atoms with Gasteiger partial charge in [0.1, 0.15) is 17.1 Å². The number of esters is 1. The predicted molar refractivity (Wildman–Crippen MR) is 135 cm³/mol. The Labute approximate surface area is 197 Å². The van der Waals surface area contributed by atoms with E-state index in [0.29, 0.717) is 5.75 Å². The summed E-state index contributed by atoms with van der Waals surface area (Å²) in [5.41, 5.74) is 2.13. The predicted octanol–water partition coefficient (Wildman–Crippen LogP) is 8.44. The van der Waals surface area contributed by atoms with Crippen molar-refractivity contribution in [1.29, 1.82) is 0 Å².